The van der Waals surface area contributed by atoms with Crippen LogP contribution in [0.4, 0.5) is 46.3 Å². The van der Waals surface area contributed by atoms with Crippen molar-refractivity contribution < 1.29 is 49.2 Å². The SMILES string of the molecule is Nc1nc2c(c(=O)[nH]1)N[C@@H](CNc1ccc(C(=O)N[C@@H](CCC(=O)O)C(=O)O)cc1)CN2.Nc1nc2c(c(=O)[nH]1)N[C@H](CNc1ccc(C(=O)N[C@@H](CCC(=O)O)C(=O)O)cc1)CN2. The van der Waals surface area contributed by atoms with E-state index in [1.54, 1.807) is 24.3 Å². The molecule has 0 saturated heterocycles. The Bertz CT molecular complexity index is 2310. The number of anilines is 8. The van der Waals surface area contributed by atoms with E-state index in [-0.39, 0.29) is 71.9 Å². The van der Waals surface area contributed by atoms with Crippen LogP contribution in [0, 0.1) is 0 Å². The van der Waals surface area contributed by atoms with E-state index in [9.17, 15) is 38.4 Å². The number of carbonyl (C=O) groups is 6. The van der Waals surface area contributed by atoms with Gasteiger partial charge < -0.3 is 74.4 Å². The number of benzene rings is 2. The highest BCUT2D eigenvalue weighted by Gasteiger charge is 2.25. The summed E-state index contributed by atoms with van der Waals surface area (Å²) >= 11 is 0. The number of aromatic nitrogens is 4. The first-order valence-corrected chi connectivity index (χ1v) is 19.4. The molecule has 2 aliphatic heterocycles. The molecule has 0 bridgehead atoms. The fourth-order valence-electron chi connectivity index (χ4n) is 6.20. The van der Waals surface area contributed by atoms with Gasteiger partial charge in [-0.1, -0.05) is 0 Å². The lowest BCUT2D eigenvalue weighted by molar-refractivity contribution is -0.142. The van der Waals surface area contributed by atoms with Crippen LogP contribution in [0.1, 0.15) is 46.4 Å². The monoisotopic (exact) mass is 890 g/mol. The van der Waals surface area contributed by atoms with Crippen LogP contribution >= 0.6 is 0 Å². The van der Waals surface area contributed by atoms with Crippen LogP contribution in [0.2, 0.25) is 0 Å². The van der Waals surface area contributed by atoms with Crippen molar-refractivity contribution in [3.63, 3.8) is 0 Å². The Labute approximate surface area is 361 Å². The topological polar surface area (TPSA) is 423 Å². The summed E-state index contributed by atoms with van der Waals surface area (Å²) in [4.78, 5) is 105. The summed E-state index contributed by atoms with van der Waals surface area (Å²) in [6.07, 6.45) is -1.17. The average Bonchev–Trinajstić information content (AvgIpc) is 3.25. The molecule has 6 rings (SSSR count). The number of fused-ring (bicyclic) bond motifs is 2. The zero-order valence-electron chi connectivity index (χ0n) is 33.7. The number of hydrogen-bond acceptors (Lipinski definition) is 18. The quantitative estimate of drug-likeness (QED) is 0.0595. The minimum absolute atomic E-state index is 0.0281. The molecule has 2 aromatic carbocycles. The Morgan fingerprint density at radius 3 is 1.30 bits per heavy atom. The second-order valence-electron chi connectivity index (χ2n) is 14.3. The number of rotatable bonds is 18. The molecule has 2 aliphatic rings. The molecule has 0 aliphatic carbocycles. The zero-order chi connectivity index (χ0) is 46.5. The van der Waals surface area contributed by atoms with Crippen LogP contribution in [0.15, 0.2) is 58.1 Å². The lowest BCUT2D eigenvalue weighted by Gasteiger charge is -2.27. The first-order valence-electron chi connectivity index (χ1n) is 19.4. The molecule has 2 aromatic heterocycles. The number of H-pyrrole nitrogens is 2. The molecule has 340 valence electrons. The van der Waals surface area contributed by atoms with Gasteiger partial charge in [0.25, 0.3) is 22.9 Å². The Morgan fingerprint density at radius 1 is 0.609 bits per heavy atom. The standard InChI is InChI=1S/2C19H23N7O6/c2*20-19-25-15-14(17(30)26-19)23-11(8-22-15)7-21-10-3-1-9(2-4-10)16(29)24-12(18(31)32)5-6-13(27)28/h2*1-4,11-12,21,23H,5-8H2,(H,24,29)(H,27,28)(H,31,32)(H4,20,22,25,26,30)/t11-,12+;11-,12-/m10/s1. The fraction of sp³-hybridized carbons (Fsp3) is 0.316. The van der Waals surface area contributed by atoms with E-state index in [1.165, 1.54) is 24.3 Å². The van der Waals surface area contributed by atoms with Gasteiger partial charge >= 0.3 is 23.9 Å². The zero-order valence-corrected chi connectivity index (χ0v) is 33.7. The highest BCUT2D eigenvalue weighted by molar-refractivity contribution is 5.97. The van der Waals surface area contributed by atoms with E-state index in [2.05, 4.69) is 62.5 Å². The second-order valence-corrected chi connectivity index (χ2v) is 14.3. The van der Waals surface area contributed by atoms with Crippen molar-refractivity contribution in [2.75, 3.05) is 69.5 Å². The summed E-state index contributed by atoms with van der Waals surface area (Å²) in [6.45, 7) is 1.92. The van der Waals surface area contributed by atoms with Crippen molar-refractivity contribution in [1.29, 1.82) is 0 Å². The third kappa shape index (κ3) is 13.2. The van der Waals surface area contributed by atoms with Crippen LogP contribution < -0.4 is 65.1 Å². The van der Waals surface area contributed by atoms with E-state index in [0.29, 0.717) is 60.6 Å². The van der Waals surface area contributed by atoms with Crippen LogP contribution in [-0.2, 0) is 19.2 Å². The van der Waals surface area contributed by atoms with Gasteiger partial charge in [0.05, 0.1) is 12.1 Å². The highest BCUT2D eigenvalue weighted by Crippen LogP contribution is 2.22. The van der Waals surface area contributed by atoms with Crippen molar-refractivity contribution in [2.24, 2.45) is 0 Å². The summed E-state index contributed by atoms with van der Waals surface area (Å²) < 4.78 is 0. The van der Waals surface area contributed by atoms with Gasteiger partial charge in [-0.25, -0.2) is 9.59 Å². The maximum Gasteiger partial charge on any atom is 0.326 e. The van der Waals surface area contributed by atoms with Crippen LogP contribution in [0.25, 0.3) is 0 Å². The highest BCUT2D eigenvalue weighted by atomic mass is 16.4. The fourth-order valence-corrected chi connectivity index (χ4v) is 6.20. The number of carbonyl (C=O) groups excluding carboxylic acids is 2. The van der Waals surface area contributed by atoms with Crippen LogP contribution in [0.5, 0.6) is 0 Å². The number of aliphatic carboxylic acids is 4. The summed E-state index contributed by atoms with van der Waals surface area (Å²) in [7, 11) is 0. The lowest BCUT2D eigenvalue weighted by Crippen LogP contribution is -2.41. The van der Waals surface area contributed by atoms with Gasteiger partial charge in [0.2, 0.25) is 11.9 Å². The molecule has 0 radical (unpaired) electrons. The van der Waals surface area contributed by atoms with Crippen molar-refractivity contribution in [1.82, 2.24) is 30.6 Å². The van der Waals surface area contributed by atoms with E-state index >= 15 is 0 Å². The maximum absolute atomic E-state index is 12.3. The third-order valence-electron chi connectivity index (χ3n) is 9.50. The van der Waals surface area contributed by atoms with Gasteiger partial charge in [0, 0.05) is 61.5 Å². The third-order valence-corrected chi connectivity index (χ3v) is 9.50. The Morgan fingerprint density at radius 2 is 0.969 bits per heavy atom. The lowest BCUT2D eigenvalue weighted by atomic mass is 10.1. The number of carboxylic acids is 4. The van der Waals surface area contributed by atoms with Crippen molar-refractivity contribution in [2.45, 2.75) is 49.9 Å². The molecule has 0 spiro atoms. The number of nitrogens with zero attached hydrogens (tertiary/aromatic N) is 2. The van der Waals surface area contributed by atoms with Crippen molar-refractivity contribution in [3.8, 4) is 0 Å². The molecule has 4 atom stereocenters. The summed E-state index contributed by atoms with van der Waals surface area (Å²) in [5, 5.41) is 59.0. The van der Waals surface area contributed by atoms with Gasteiger partial charge in [-0.05, 0) is 61.4 Å². The number of nitrogen functional groups attached to an aromatic ring is 2. The van der Waals surface area contributed by atoms with Crippen molar-refractivity contribution in [3.05, 3.63) is 80.4 Å². The second kappa shape index (κ2) is 21.3. The molecule has 0 saturated carbocycles. The first kappa shape index (κ1) is 46.5. The Balaban J connectivity index is 0.000000241. The molecule has 0 fully saturated rings. The summed E-state index contributed by atoms with van der Waals surface area (Å²) in [6, 6.07) is 9.87. The van der Waals surface area contributed by atoms with Gasteiger partial charge in [-0.2, -0.15) is 9.97 Å². The largest absolute Gasteiger partial charge is 0.481 e. The van der Waals surface area contributed by atoms with Crippen molar-refractivity contribution >= 4 is 82.0 Å². The Hall–Kier alpha value is -8.58. The molecule has 26 nitrogen and oxygen atoms in total. The average molecular weight is 891 g/mol. The first-order chi connectivity index (χ1) is 30.4. The predicted molar refractivity (Wildman–Crippen MR) is 232 cm³/mol. The number of nitrogens with one attached hydrogen (secondary N) is 10. The predicted octanol–water partition coefficient (Wildman–Crippen LogP) is -0.564. The number of amides is 2. The van der Waals surface area contributed by atoms with E-state index < -0.39 is 47.8 Å². The van der Waals surface area contributed by atoms with Crippen LogP contribution in [0.3, 0.4) is 0 Å². The van der Waals surface area contributed by atoms with E-state index in [4.69, 9.17) is 31.9 Å². The molecule has 26 heteroatoms. The summed E-state index contributed by atoms with van der Waals surface area (Å²) in [5.41, 5.74) is 12.8. The van der Waals surface area contributed by atoms with E-state index in [0.717, 1.165) is 0 Å². The minimum atomic E-state index is -1.30. The molecule has 4 heterocycles. The smallest absolute Gasteiger partial charge is 0.326 e. The minimum Gasteiger partial charge on any atom is -0.481 e. The number of carboxylic acid groups (broad SMARTS) is 4. The molecule has 18 N–H and O–H groups in total. The molecule has 4 aromatic rings. The maximum atomic E-state index is 12.3. The molecule has 2 amide bonds. The van der Waals surface area contributed by atoms with Gasteiger partial charge in [-0.3, -0.25) is 38.7 Å². The Kier molecular flexibility index (Phi) is 15.5. The van der Waals surface area contributed by atoms with Gasteiger partial charge in [0.15, 0.2) is 11.6 Å². The van der Waals surface area contributed by atoms with Crippen LogP contribution in [-0.4, -0.2) is 126 Å². The molecular weight excluding hydrogens is 845 g/mol. The van der Waals surface area contributed by atoms with Gasteiger partial charge in [0.1, 0.15) is 23.5 Å². The normalized spacial score (nSPS) is 15.4. The number of nitrogens with two attached hydrogens (primary N) is 2. The van der Waals surface area contributed by atoms with E-state index in [1.807, 2.05) is 0 Å². The molecular formula is C38H46N14O12. The molecule has 0 unspecified atom stereocenters. The number of aromatic amines is 2. The number of hydrogen-bond donors (Lipinski definition) is 16. The molecule has 64 heavy (non-hydrogen) atoms. The van der Waals surface area contributed by atoms with Gasteiger partial charge in [-0.15, -0.1) is 0 Å². The summed E-state index contributed by atoms with van der Waals surface area (Å²) in [5.74, 6) is -5.28.